The van der Waals surface area contributed by atoms with Crippen LogP contribution < -0.4 is 15.4 Å². The Morgan fingerprint density at radius 1 is 1.06 bits per heavy atom. The maximum Gasteiger partial charge on any atom is 0.291 e. The number of halogens is 1. The third kappa shape index (κ3) is 5.84. The Kier molecular flexibility index (Phi) is 6.78. The number of aromatic nitrogens is 2. The minimum atomic E-state index is -0.557. The Morgan fingerprint density at radius 3 is 2.34 bits per heavy atom. The van der Waals surface area contributed by atoms with Crippen molar-refractivity contribution in [1.82, 2.24) is 9.78 Å². The molecule has 0 aliphatic carbocycles. The Hall–Kier alpha value is -4.64. The molecule has 0 saturated heterocycles. The van der Waals surface area contributed by atoms with Crippen LogP contribution in [0.3, 0.4) is 0 Å². The number of anilines is 2. The van der Waals surface area contributed by atoms with E-state index in [1.807, 2.05) is 0 Å². The predicted molar refractivity (Wildman–Crippen MR) is 127 cm³/mol. The normalized spacial score (nSPS) is 10.6. The van der Waals surface area contributed by atoms with Crippen LogP contribution in [-0.4, -0.2) is 26.5 Å². The molecule has 0 saturated carbocycles. The molecule has 0 aliphatic rings. The van der Waals surface area contributed by atoms with Crippen molar-refractivity contribution in [2.75, 3.05) is 10.6 Å². The Labute approximate surface area is 203 Å². The molecule has 4 aromatic rings. The number of carbonyl (C=O) groups excluding carboxylic acids is 2. The van der Waals surface area contributed by atoms with Gasteiger partial charge in [0.25, 0.3) is 17.5 Å². The van der Waals surface area contributed by atoms with Gasteiger partial charge in [-0.3, -0.25) is 24.4 Å². The van der Waals surface area contributed by atoms with Crippen LogP contribution in [0.2, 0.25) is 5.02 Å². The standard InChI is InChI=1S/C23H18ClN5O6/c1-28-11-10-19(27-28)22(30)25-14-2-4-15(5-3-14)26-23(31)21-9-7-17(35-21)13-34-20-8-6-16(29(32)33)12-18(20)24/h2-12H,13H2,1H3,(H,25,30)(H,26,31). The van der Waals surface area contributed by atoms with Crippen LogP contribution in [0.5, 0.6) is 5.75 Å². The first-order valence-electron chi connectivity index (χ1n) is 10.2. The van der Waals surface area contributed by atoms with Crippen molar-refractivity contribution in [2.24, 2.45) is 7.05 Å². The van der Waals surface area contributed by atoms with Crippen LogP contribution in [0.25, 0.3) is 0 Å². The molecule has 12 heteroatoms. The highest BCUT2D eigenvalue weighted by atomic mass is 35.5. The van der Waals surface area contributed by atoms with Crippen LogP contribution in [0.1, 0.15) is 26.8 Å². The molecule has 2 aromatic carbocycles. The van der Waals surface area contributed by atoms with E-state index in [0.717, 1.165) is 0 Å². The largest absolute Gasteiger partial charge is 0.484 e. The Morgan fingerprint density at radius 2 is 1.74 bits per heavy atom. The Balaban J connectivity index is 1.31. The second-order valence-electron chi connectivity index (χ2n) is 7.29. The number of furan rings is 1. The van der Waals surface area contributed by atoms with E-state index < -0.39 is 10.8 Å². The van der Waals surface area contributed by atoms with Crippen molar-refractivity contribution in [3.63, 3.8) is 0 Å². The number of hydrogen-bond acceptors (Lipinski definition) is 7. The lowest BCUT2D eigenvalue weighted by Crippen LogP contribution is -2.13. The Bertz CT molecular complexity index is 1400. The van der Waals surface area contributed by atoms with Gasteiger partial charge in [0.1, 0.15) is 18.1 Å². The van der Waals surface area contributed by atoms with Crippen LogP contribution >= 0.6 is 11.6 Å². The van der Waals surface area contributed by atoms with Crippen LogP contribution in [-0.2, 0) is 13.7 Å². The minimum Gasteiger partial charge on any atom is -0.484 e. The van der Waals surface area contributed by atoms with Crippen molar-refractivity contribution >= 4 is 40.5 Å². The predicted octanol–water partition coefficient (Wildman–Crippen LogP) is 4.66. The smallest absolute Gasteiger partial charge is 0.291 e. The van der Waals surface area contributed by atoms with E-state index in [0.29, 0.717) is 22.8 Å². The summed E-state index contributed by atoms with van der Waals surface area (Å²) >= 11 is 6.01. The van der Waals surface area contributed by atoms with Gasteiger partial charge in [0.15, 0.2) is 11.5 Å². The monoisotopic (exact) mass is 495 g/mol. The number of ether oxygens (including phenoxy) is 1. The number of hydrogen-bond donors (Lipinski definition) is 2. The molecular formula is C23H18ClN5O6. The van der Waals surface area contributed by atoms with Gasteiger partial charge in [-0.05, 0) is 48.5 Å². The number of carbonyl (C=O) groups is 2. The highest BCUT2D eigenvalue weighted by molar-refractivity contribution is 6.32. The van der Waals surface area contributed by atoms with E-state index in [9.17, 15) is 19.7 Å². The van der Waals surface area contributed by atoms with Crippen LogP contribution in [0.15, 0.2) is 71.3 Å². The van der Waals surface area contributed by atoms with Crippen LogP contribution in [0.4, 0.5) is 17.1 Å². The van der Waals surface area contributed by atoms with Gasteiger partial charge in [-0.2, -0.15) is 5.10 Å². The van der Waals surface area contributed by atoms with Gasteiger partial charge in [-0.25, -0.2) is 0 Å². The lowest BCUT2D eigenvalue weighted by atomic mass is 10.2. The molecule has 4 rings (SSSR count). The van der Waals surface area contributed by atoms with E-state index in [-0.39, 0.29) is 34.7 Å². The molecule has 0 spiro atoms. The zero-order valence-electron chi connectivity index (χ0n) is 18.2. The third-order valence-electron chi connectivity index (χ3n) is 4.73. The lowest BCUT2D eigenvalue weighted by molar-refractivity contribution is -0.384. The molecule has 0 aliphatic heterocycles. The number of nitro benzene ring substituents is 1. The fourth-order valence-electron chi connectivity index (χ4n) is 3.01. The maximum atomic E-state index is 12.5. The van der Waals surface area contributed by atoms with Crippen molar-refractivity contribution in [3.8, 4) is 5.75 Å². The highest BCUT2D eigenvalue weighted by Crippen LogP contribution is 2.29. The van der Waals surface area contributed by atoms with Gasteiger partial charge in [-0.1, -0.05) is 11.6 Å². The highest BCUT2D eigenvalue weighted by Gasteiger charge is 2.14. The third-order valence-corrected chi connectivity index (χ3v) is 5.02. The summed E-state index contributed by atoms with van der Waals surface area (Å²) in [5, 5.41) is 20.3. The molecule has 2 amide bonds. The molecule has 178 valence electrons. The summed E-state index contributed by atoms with van der Waals surface area (Å²) in [4.78, 5) is 34.9. The van der Waals surface area contributed by atoms with Crippen molar-refractivity contribution in [3.05, 3.63) is 99.2 Å². The summed E-state index contributed by atoms with van der Waals surface area (Å²) in [7, 11) is 1.72. The molecule has 0 bridgehead atoms. The average Bonchev–Trinajstić information content (AvgIpc) is 3.49. The molecule has 35 heavy (non-hydrogen) atoms. The summed E-state index contributed by atoms with van der Waals surface area (Å²) in [6.45, 7) is -0.0323. The lowest BCUT2D eigenvalue weighted by Gasteiger charge is -2.07. The maximum absolute atomic E-state index is 12.5. The molecule has 2 heterocycles. The summed E-state index contributed by atoms with van der Waals surface area (Å²) in [6.07, 6.45) is 1.67. The van der Waals surface area contributed by atoms with Crippen molar-refractivity contribution < 1.29 is 23.7 Å². The molecule has 0 radical (unpaired) electrons. The second kappa shape index (κ2) is 10.1. The van der Waals surface area contributed by atoms with E-state index in [2.05, 4.69) is 15.7 Å². The molecule has 0 unspecified atom stereocenters. The molecular weight excluding hydrogens is 478 g/mol. The summed E-state index contributed by atoms with van der Waals surface area (Å²) < 4.78 is 12.6. The summed E-state index contributed by atoms with van der Waals surface area (Å²) in [5.41, 5.74) is 1.18. The number of nitrogens with one attached hydrogen (secondary N) is 2. The zero-order chi connectivity index (χ0) is 24.9. The fraction of sp³-hybridized carbons (Fsp3) is 0.0870. The van der Waals surface area contributed by atoms with E-state index in [1.165, 1.54) is 28.9 Å². The first-order valence-corrected chi connectivity index (χ1v) is 10.5. The van der Waals surface area contributed by atoms with E-state index in [4.69, 9.17) is 20.8 Å². The van der Waals surface area contributed by atoms with Crippen molar-refractivity contribution in [2.45, 2.75) is 6.61 Å². The first-order chi connectivity index (χ1) is 16.8. The van der Waals surface area contributed by atoms with Gasteiger partial charge in [-0.15, -0.1) is 0 Å². The average molecular weight is 496 g/mol. The number of rotatable bonds is 8. The summed E-state index contributed by atoms with van der Waals surface area (Å²) in [5.74, 6) is -0.157. The minimum absolute atomic E-state index is 0.0323. The van der Waals surface area contributed by atoms with Gasteiger partial charge < -0.3 is 19.8 Å². The molecule has 0 fully saturated rings. The SMILES string of the molecule is Cn1ccc(C(=O)Nc2ccc(NC(=O)c3ccc(COc4ccc([N+](=O)[O-])cc4Cl)o3)cc2)n1. The molecule has 11 nitrogen and oxygen atoms in total. The van der Waals surface area contributed by atoms with Gasteiger partial charge in [0.2, 0.25) is 0 Å². The number of nitro groups is 1. The quantitative estimate of drug-likeness (QED) is 0.267. The molecule has 2 aromatic heterocycles. The zero-order valence-corrected chi connectivity index (χ0v) is 19.0. The van der Waals surface area contributed by atoms with Gasteiger partial charge in [0.05, 0.1) is 9.95 Å². The molecule has 0 atom stereocenters. The topological polar surface area (TPSA) is 142 Å². The van der Waals surface area contributed by atoms with Gasteiger partial charge >= 0.3 is 0 Å². The number of benzene rings is 2. The van der Waals surface area contributed by atoms with E-state index >= 15 is 0 Å². The van der Waals surface area contributed by atoms with Crippen molar-refractivity contribution in [1.29, 1.82) is 0 Å². The van der Waals surface area contributed by atoms with Gasteiger partial charge in [0, 0.05) is 36.8 Å². The van der Waals surface area contributed by atoms with Crippen LogP contribution in [0, 0.1) is 10.1 Å². The number of amides is 2. The fourth-order valence-corrected chi connectivity index (χ4v) is 3.24. The number of aryl methyl sites for hydroxylation is 1. The van der Waals surface area contributed by atoms with E-state index in [1.54, 1.807) is 49.6 Å². The molecule has 2 N–H and O–H groups in total. The first kappa shape index (κ1) is 23.5. The number of non-ortho nitro benzene ring substituents is 1. The second-order valence-corrected chi connectivity index (χ2v) is 7.69. The summed E-state index contributed by atoms with van der Waals surface area (Å²) in [6, 6.07) is 15.1. The number of nitrogens with zero attached hydrogens (tertiary/aromatic N) is 3.